The van der Waals surface area contributed by atoms with E-state index in [1.165, 1.54) is 17.1 Å². The molecule has 3 rings (SSSR count). The number of rotatable bonds is 6. The van der Waals surface area contributed by atoms with Crippen LogP contribution in [0.3, 0.4) is 0 Å². The quantitative estimate of drug-likeness (QED) is 0.795. The van der Waals surface area contributed by atoms with E-state index in [-0.39, 0.29) is 18.2 Å². The number of cyclic esters (lactones) is 1. The van der Waals surface area contributed by atoms with Crippen molar-refractivity contribution in [2.24, 2.45) is 7.05 Å². The van der Waals surface area contributed by atoms with Crippen LogP contribution in [0.2, 0.25) is 0 Å². The molecule has 1 aliphatic rings. The summed E-state index contributed by atoms with van der Waals surface area (Å²) < 4.78 is 33.8. The average molecular weight is 364 g/mol. The van der Waals surface area contributed by atoms with Gasteiger partial charge in [0.15, 0.2) is 11.6 Å². The molecular formula is C15H16N4O5S. The second-order valence-electron chi connectivity index (χ2n) is 5.52. The summed E-state index contributed by atoms with van der Waals surface area (Å²) in [5, 5.41) is -0.147. The Morgan fingerprint density at radius 2 is 2.00 bits per heavy atom. The summed E-state index contributed by atoms with van der Waals surface area (Å²) in [6.45, 7) is -0.513. The van der Waals surface area contributed by atoms with Gasteiger partial charge < -0.3 is 9.30 Å². The molecule has 0 radical (unpaired) electrons. The van der Waals surface area contributed by atoms with Crippen molar-refractivity contribution in [3.63, 3.8) is 0 Å². The van der Waals surface area contributed by atoms with Crippen molar-refractivity contribution in [2.45, 2.75) is 11.1 Å². The van der Waals surface area contributed by atoms with Gasteiger partial charge in [0.05, 0.1) is 18.9 Å². The third-order valence-corrected chi connectivity index (χ3v) is 5.02. The zero-order valence-corrected chi connectivity index (χ0v) is 14.1. The Balaban J connectivity index is 1.89. The predicted octanol–water partition coefficient (Wildman–Crippen LogP) is 0.419. The fourth-order valence-corrected chi connectivity index (χ4v) is 3.61. The Morgan fingerprint density at radius 3 is 2.56 bits per heavy atom. The van der Waals surface area contributed by atoms with E-state index >= 15 is 0 Å². The van der Waals surface area contributed by atoms with Gasteiger partial charge in [-0.05, 0) is 5.56 Å². The minimum absolute atomic E-state index is 0.147. The molecule has 2 aromatic rings. The Bertz CT molecular complexity index is 878. The summed E-state index contributed by atoms with van der Waals surface area (Å²) in [7, 11) is -2.28. The lowest BCUT2D eigenvalue weighted by atomic mass is 10.1. The lowest BCUT2D eigenvalue weighted by Crippen LogP contribution is -2.40. The number of benzene rings is 1. The number of nitrogens with zero attached hydrogens (tertiary/aromatic N) is 3. The number of sulfonamides is 1. The molecular weight excluding hydrogens is 348 g/mol. The average Bonchev–Trinajstić information content (AvgIpc) is 3.16. The van der Waals surface area contributed by atoms with Crippen LogP contribution in [0.5, 0.6) is 0 Å². The first kappa shape index (κ1) is 17.1. The molecule has 25 heavy (non-hydrogen) atoms. The van der Waals surface area contributed by atoms with Crippen molar-refractivity contribution in [2.75, 3.05) is 13.2 Å². The SMILES string of the molecule is Cn1cnc(S(=O)(=O)NC(CN2C(=O)COC2=O)c2ccccc2)c1. The molecule has 0 spiro atoms. The molecule has 1 N–H and O–H groups in total. The molecule has 9 nitrogen and oxygen atoms in total. The van der Waals surface area contributed by atoms with E-state index in [9.17, 15) is 18.0 Å². The smallest absolute Gasteiger partial charge is 0.417 e. The van der Waals surface area contributed by atoms with Crippen LogP contribution >= 0.6 is 0 Å². The van der Waals surface area contributed by atoms with Gasteiger partial charge in [0.2, 0.25) is 0 Å². The van der Waals surface area contributed by atoms with Gasteiger partial charge in [0, 0.05) is 13.2 Å². The zero-order chi connectivity index (χ0) is 18.0. The summed E-state index contributed by atoms with van der Waals surface area (Å²) in [6, 6.07) is 7.84. The normalized spacial score (nSPS) is 16.1. The number of amides is 2. The molecule has 1 unspecified atom stereocenters. The number of imide groups is 1. The van der Waals surface area contributed by atoms with Gasteiger partial charge in [-0.1, -0.05) is 30.3 Å². The summed E-state index contributed by atoms with van der Waals surface area (Å²) in [4.78, 5) is 28.2. The molecule has 132 valence electrons. The van der Waals surface area contributed by atoms with E-state index in [0.717, 1.165) is 4.90 Å². The first-order chi connectivity index (χ1) is 11.9. The summed E-state index contributed by atoms with van der Waals surface area (Å²) in [5.74, 6) is -0.511. The van der Waals surface area contributed by atoms with E-state index in [1.807, 2.05) is 0 Å². The summed E-state index contributed by atoms with van der Waals surface area (Å²) >= 11 is 0. The molecule has 2 heterocycles. The van der Waals surface area contributed by atoms with Crippen molar-refractivity contribution >= 4 is 22.0 Å². The highest BCUT2D eigenvalue weighted by Gasteiger charge is 2.35. The minimum atomic E-state index is -3.94. The monoisotopic (exact) mass is 364 g/mol. The van der Waals surface area contributed by atoms with Gasteiger partial charge in [-0.15, -0.1) is 0 Å². The summed E-state index contributed by atoms with van der Waals surface area (Å²) in [6.07, 6.45) is 1.94. The first-order valence-corrected chi connectivity index (χ1v) is 8.87. The van der Waals surface area contributed by atoms with Crippen LogP contribution in [-0.2, 0) is 26.6 Å². The molecule has 1 aromatic heterocycles. The minimum Gasteiger partial charge on any atom is -0.439 e. The number of carbonyl (C=O) groups is 2. The number of hydrogen-bond acceptors (Lipinski definition) is 6. The lowest BCUT2D eigenvalue weighted by Gasteiger charge is -2.22. The maximum Gasteiger partial charge on any atom is 0.417 e. The van der Waals surface area contributed by atoms with Gasteiger partial charge in [-0.25, -0.2) is 27.8 Å². The van der Waals surface area contributed by atoms with E-state index in [4.69, 9.17) is 0 Å². The molecule has 1 atom stereocenters. The number of hydrogen-bond donors (Lipinski definition) is 1. The highest BCUT2D eigenvalue weighted by molar-refractivity contribution is 7.89. The molecule has 0 aliphatic carbocycles. The largest absolute Gasteiger partial charge is 0.439 e. The number of aromatic nitrogens is 2. The third-order valence-electron chi connectivity index (χ3n) is 3.66. The lowest BCUT2D eigenvalue weighted by molar-refractivity contribution is -0.126. The van der Waals surface area contributed by atoms with E-state index in [1.54, 1.807) is 37.4 Å². The maximum atomic E-state index is 12.6. The number of aryl methyl sites for hydroxylation is 1. The van der Waals surface area contributed by atoms with Crippen LogP contribution in [0.1, 0.15) is 11.6 Å². The van der Waals surface area contributed by atoms with E-state index in [0.29, 0.717) is 5.56 Å². The zero-order valence-electron chi connectivity index (χ0n) is 13.3. The Hall–Kier alpha value is -2.72. The molecule has 2 amide bonds. The van der Waals surface area contributed by atoms with Crippen LogP contribution in [0.25, 0.3) is 0 Å². The van der Waals surface area contributed by atoms with Crippen LogP contribution in [0, 0.1) is 0 Å². The highest BCUT2D eigenvalue weighted by atomic mass is 32.2. The van der Waals surface area contributed by atoms with Gasteiger partial charge in [-0.3, -0.25) is 4.79 Å². The fraction of sp³-hybridized carbons (Fsp3) is 0.267. The summed E-state index contributed by atoms with van der Waals surface area (Å²) in [5.41, 5.74) is 0.606. The van der Waals surface area contributed by atoms with Crippen LogP contribution in [0.15, 0.2) is 47.9 Å². The number of ether oxygens (including phenoxy) is 1. The number of carbonyl (C=O) groups excluding carboxylic acids is 2. The van der Waals surface area contributed by atoms with Crippen molar-refractivity contribution < 1.29 is 22.7 Å². The Morgan fingerprint density at radius 1 is 1.28 bits per heavy atom. The Labute approximate surface area is 144 Å². The van der Waals surface area contributed by atoms with Crippen LogP contribution in [0.4, 0.5) is 4.79 Å². The molecule has 1 fully saturated rings. The van der Waals surface area contributed by atoms with Gasteiger partial charge in [0.1, 0.15) is 0 Å². The van der Waals surface area contributed by atoms with E-state index in [2.05, 4.69) is 14.4 Å². The molecule has 0 saturated carbocycles. The van der Waals surface area contributed by atoms with E-state index < -0.39 is 28.1 Å². The molecule has 1 saturated heterocycles. The standard InChI is InChI=1S/C15H16N4O5S/c1-18-8-13(16-10-18)25(22,23)17-12(11-5-3-2-4-6-11)7-19-14(20)9-24-15(19)21/h2-6,8,10,12,17H,7,9H2,1H3. The van der Waals surface area contributed by atoms with Crippen LogP contribution < -0.4 is 4.72 Å². The van der Waals surface area contributed by atoms with Crippen molar-refractivity contribution in [1.29, 1.82) is 0 Å². The van der Waals surface area contributed by atoms with Gasteiger partial charge in [-0.2, -0.15) is 0 Å². The first-order valence-electron chi connectivity index (χ1n) is 7.39. The number of nitrogens with one attached hydrogen (secondary N) is 1. The van der Waals surface area contributed by atoms with Crippen LogP contribution in [-0.4, -0.2) is 48.0 Å². The molecule has 1 aliphatic heterocycles. The highest BCUT2D eigenvalue weighted by Crippen LogP contribution is 2.20. The predicted molar refractivity (Wildman–Crippen MR) is 85.8 cm³/mol. The third kappa shape index (κ3) is 3.69. The van der Waals surface area contributed by atoms with Gasteiger partial charge in [0.25, 0.3) is 15.9 Å². The number of imidazole rings is 1. The van der Waals surface area contributed by atoms with Gasteiger partial charge >= 0.3 is 6.09 Å². The molecule has 1 aromatic carbocycles. The molecule has 10 heteroatoms. The second kappa shape index (κ2) is 6.65. The van der Waals surface area contributed by atoms with Crippen molar-refractivity contribution in [3.8, 4) is 0 Å². The maximum absolute atomic E-state index is 12.6. The second-order valence-corrected chi connectivity index (χ2v) is 7.18. The fourth-order valence-electron chi connectivity index (χ4n) is 2.41. The Kier molecular flexibility index (Phi) is 4.55. The topological polar surface area (TPSA) is 111 Å². The van der Waals surface area contributed by atoms with Crippen molar-refractivity contribution in [1.82, 2.24) is 19.2 Å². The van der Waals surface area contributed by atoms with Crippen molar-refractivity contribution in [3.05, 3.63) is 48.4 Å². The molecule has 0 bridgehead atoms.